The van der Waals surface area contributed by atoms with Crippen LogP contribution in [-0.4, -0.2) is 29.3 Å². The molecule has 0 amide bonds. The summed E-state index contributed by atoms with van der Waals surface area (Å²) >= 11 is 7.49. The second-order valence-corrected chi connectivity index (χ2v) is 6.43. The van der Waals surface area contributed by atoms with Crippen molar-refractivity contribution >= 4 is 28.9 Å². The van der Waals surface area contributed by atoms with Crippen LogP contribution in [-0.2, 0) is 6.42 Å². The second-order valence-electron chi connectivity index (χ2n) is 5.02. The Kier molecular flexibility index (Phi) is 6.45. The maximum Gasteiger partial charge on any atom is 0.347 e. The Bertz CT molecular complexity index is 730. The van der Waals surface area contributed by atoms with Crippen LogP contribution in [0, 0.1) is 0 Å². The summed E-state index contributed by atoms with van der Waals surface area (Å²) in [6.07, 6.45) is 1.42. The standard InChI is InChI=1S/C17H20ClNO4S/c1-4-7-23-14-11(18)8-10(9-13(14)22-6-3)16-19-12(5-2)15(24-16)17(20)21/h8-9H,4-7H2,1-3H3,(H,20,21). The van der Waals surface area contributed by atoms with Gasteiger partial charge in [-0.3, -0.25) is 0 Å². The van der Waals surface area contributed by atoms with Gasteiger partial charge in [0, 0.05) is 5.56 Å². The van der Waals surface area contributed by atoms with Gasteiger partial charge in [0.05, 0.1) is 23.9 Å². The van der Waals surface area contributed by atoms with Crippen molar-refractivity contribution in [3.8, 4) is 22.1 Å². The van der Waals surface area contributed by atoms with Gasteiger partial charge in [0.15, 0.2) is 11.5 Å². The number of hydrogen-bond donors (Lipinski definition) is 1. The molecular formula is C17H20ClNO4S. The van der Waals surface area contributed by atoms with Crippen LogP contribution in [0.15, 0.2) is 12.1 Å². The minimum atomic E-state index is -0.963. The third-order valence-electron chi connectivity index (χ3n) is 3.23. The number of carboxylic acid groups (broad SMARTS) is 1. The van der Waals surface area contributed by atoms with E-state index >= 15 is 0 Å². The van der Waals surface area contributed by atoms with Crippen LogP contribution in [0.1, 0.15) is 42.6 Å². The van der Waals surface area contributed by atoms with E-state index in [0.717, 1.165) is 23.3 Å². The molecule has 24 heavy (non-hydrogen) atoms. The lowest BCUT2D eigenvalue weighted by molar-refractivity contribution is 0.0701. The molecule has 1 aromatic carbocycles. The summed E-state index contributed by atoms with van der Waals surface area (Å²) < 4.78 is 11.3. The van der Waals surface area contributed by atoms with Crippen LogP contribution in [0.4, 0.5) is 0 Å². The van der Waals surface area contributed by atoms with Crippen molar-refractivity contribution in [2.75, 3.05) is 13.2 Å². The molecule has 7 heteroatoms. The van der Waals surface area contributed by atoms with Gasteiger partial charge < -0.3 is 14.6 Å². The van der Waals surface area contributed by atoms with Crippen LogP contribution in [0.2, 0.25) is 5.02 Å². The number of aromatic carboxylic acids is 1. The average Bonchev–Trinajstić information content (AvgIpc) is 2.99. The molecular weight excluding hydrogens is 350 g/mol. The first-order chi connectivity index (χ1) is 11.5. The van der Waals surface area contributed by atoms with Crippen molar-refractivity contribution in [3.05, 3.63) is 27.7 Å². The summed E-state index contributed by atoms with van der Waals surface area (Å²) in [6, 6.07) is 3.53. The minimum Gasteiger partial charge on any atom is -0.490 e. The molecule has 130 valence electrons. The summed E-state index contributed by atoms with van der Waals surface area (Å²) in [5.41, 5.74) is 1.29. The number of carbonyl (C=O) groups is 1. The summed E-state index contributed by atoms with van der Waals surface area (Å²) in [7, 11) is 0. The van der Waals surface area contributed by atoms with E-state index < -0.39 is 5.97 Å². The molecule has 1 aromatic heterocycles. The number of aryl methyl sites for hydroxylation is 1. The van der Waals surface area contributed by atoms with Gasteiger partial charge >= 0.3 is 5.97 Å². The average molecular weight is 370 g/mol. The van der Waals surface area contributed by atoms with E-state index in [4.69, 9.17) is 21.1 Å². The molecule has 0 unspecified atom stereocenters. The van der Waals surface area contributed by atoms with Crippen LogP contribution in [0.25, 0.3) is 10.6 Å². The Hall–Kier alpha value is -1.79. The van der Waals surface area contributed by atoms with Crippen LogP contribution >= 0.6 is 22.9 Å². The monoisotopic (exact) mass is 369 g/mol. The van der Waals surface area contributed by atoms with E-state index in [1.165, 1.54) is 0 Å². The highest BCUT2D eigenvalue weighted by atomic mass is 35.5. The van der Waals surface area contributed by atoms with Gasteiger partial charge in [-0.1, -0.05) is 25.4 Å². The Morgan fingerprint density at radius 2 is 2.04 bits per heavy atom. The van der Waals surface area contributed by atoms with E-state index in [2.05, 4.69) is 4.98 Å². The Balaban J connectivity index is 2.49. The van der Waals surface area contributed by atoms with Crippen molar-refractivity contribution in [3.63, 3.8) is 0 Å². The van der Waals surface area contributed by atoms with Gasteiger partial charge in [-0.2, -0.15) is 0 Å². The summed E-state index contributed by atoms with van der Waals surface area (Å²) in [5.74, 6) is 0.0862. The Morgan fingerprint density at radius 1 is 1.29 bits per heavy atom. The summed E-state index contributed by atoms with van der Waals surface area (Å²) in [5, 5.41) is 10.3. The van der Waals surface area contributed by atoms with Crippen molar-refractivity contribution in [2.45, 2.75) is 33.6 Å². The van der Waals surface area contributed by atoms with Crippen molar-refractivity contribution in [1.29, 1.82) is 0 Å². The quantitative estimate of drug-likeness (QED) is 0.715. The van der Waals surface area contributed by atoms with Crippen LogP contribution < -0.4 is 9.47 Å². The molecule has 0 aliphatic rings. The fraction of sp³-hybridized carbons (Fsp3) is 0.412. The van der Waals surface area contributed by atoms with E-state index in [-0.39, 0.29) is 4.88 Å². The first-order valence-corrected chi connectivity index (χ1v) is 9.03. The second kappa shape index (κ2) is 8.35. The molecule has 2 rings (SSSR count). The zero-order valence-electron chi connectivity index (χ0n) is 13.9. The first kappa shape index (κ1) is 18.5. The normalized spacial score (nSPS) is 10.7. The smallest absolute Gasteiger partial charge is 0.347 e. The van der Waals surface area contributed by atoms with E-state index in [9.17, 15) is 9.90 Å². The number of carboxylic acids is 1. The zero-order valence-corrected chi connectivity index (χ0v) is 15.5. The van der Waals surface area contributed by atoms with Gasteiger partial charge in [0.25, 0.3) is 0 Å². The van der Waals surface area contributed by atoms with Gasteiger partial charge in [-0.25, -0.2) is 9.78 Å². The van der Waals surface area contributed by atoms with Crippen molar-refractivity contribution in [1.82, 2.24) is 4.98 Å². The molecule has 5 nitrogen and oxygen atoms in total. The number of halogens is 1. The largest absolute Gasteiger partial charge is 0.490 e. The highest BCUT2D eigenvalue weighted by Gasteiger charge is 2.20. The molecule has 0 atom stereocenters. The minimum absolute atomic E-state index is 0.257. The Labute approximate surface area is 150 Å². The van der Waals surface area contributed by atoms with Gasteiger partial charge in [-0.05, 0) is 31.9 Å². The maximum absolute atomic E-state index is 11.3. The van der Waals surface area contributed by atoms with E-state index in [1.807, 2.05) is 20.8 Å². The number of hydrogen-bond acceptors (Lipinski definition) is 5. The lowest BCUT2D eigenvalue weighted by Crippen LogP contribution is -2.01. The van der Waals surface area contributed by atoms with E-state index in [1.54, 1.807) is 12.1 Å². The number of aromatic nitrogens is 1. The van der Waals surface area contributed by atoms with Gasteiger partial charge in [-0.15, -0.1) is 11.3 Å². The summed E-state index contributed by atoms with van der Waals surface area (Å²) in [4.78, 5) is 16.0. The molecule has 0 bridgehead atoms. The van der Waals surface area contributed by atoms with Crippen LogP contribution in [0.5, 0.6) is 11.5 Å². The number of ether oxygens (including phenoxy) is 2. The molecule has 0 saturated heterocycles. The third-order valence-corrected chi connectivity index (χ3v) is 4.65. The third kappa shape index (κ3) is 3.99. The highest BCUT2D eigenvalue weighted by Crippen LogP contribution is 2.41. The van der Waals surface area contributed by atoms with Gasteiger partial charge in [0.1, 0.15) is 9.88 Å². The summed E-state index contributed by atoms with van der Waals surface area (Å²) in [6.45, 7) is 6.79. The molecule has 1 N–H and O–H groups in total. The Morgan fingerprint density at radius 3 is 2.58 bits per heavy atom. The molecule has 0 aliphatic carbocycles. The lowest BCUT2D eigenvalue weighted by atomic mass is 10.2. The molecule has 0 radical (unpaired) electrons. The SMILES string of the molecule is CCCOc1c(Cl)cc(-c2nc(CC)c(C(=O)O)s2)cc1OCC. The number of nitrogens with zero attached hydrogens (tertiary/aromatic N) is 1. The molecule has 0 spiro atoms. The van der Waals surface area contributed by atoms with Crippen molar-refractivity contribution in [2.24, 2.45) is 0 Å². The molecule has 1 heterocycles. The fourth-order valence-electron chi connectivity index (χ4n) is 2.18. The molecule has 0 aliphatic heterocycles. The fourth-order valence-corrected chi connectivity index (χ4v) is 3.43. The number of benzene rings is 1. The highest BCUT2D eigenvalue weighted by molar-refractivity contribution is 7.17. The molecule has 0 saturated carbocycles. The first-order valence-electron chi connectivity index (χ1n) is 7.84. The van der Waals surface area contributed by atoms with Crippen LogP contribution in [0.3, 0.4) is 0 Å². The molecule has 2 aromatic rings. The topological polar surface area (TPSA) is 68.7 Å². The lowest BCUT2D eigenvalue weighted by Gasteiger charge is -2.14. The van der Waals surface area contributed by atoms with Gasteiger partial charge in [0.2, 0.25) is 0 Å². The number of rotatable bonds is 8. The predicted octanol–water partition coefficient (Wildman–Crippen LogP) is 4.91. The predicted molar refractivity (Wildman–Crippen MR) is 95.9 cm³/mol. The maximum atomic E-state index is 11.3. The number of thiazole rings is 1. The molecule has 0 fully saturated rings. The zero-order chi connectivity index (χ0) is 17.7. The van der Waals surface area contributed by atoms with Crippen molar-refractivity contribution < 1.29 is 19.4 Å². The van der Waals surface area contributed by atoms with E-state index in [0.29, 0.717) is 46.9 Å².